The third kappa shape index (κ3) is 2.88. The van der Waals surface area contributed by atoms with Crippen LogP contribution in [0.4, 0.5) is 14.5 Å². The van der Waals surface area contributed by atoms with Crippen molar-refractivity contribution in [1.82, 2.24) is 14.3 Å². The second-order valence-electron chi connectivity index (χ2n) is 5.57. The first kappa shape index (κ1) is 15.4. The molecule has 1 aromatic carbocycles. The van der Waals surface area contributed by atoms with Crippen LogP contribution in [0.2, 0.25) is 0 Å². The molecule has 0 spiro atoms. The van der Waals surface area contributed by atoms with Gasteiger partial charge in [-0.3, -0.25) is 9.36 Å². The second kappa shape index (κ2) is 5.94. The predicted molar refractivity (Wildman–Crippen MR) is 79.0 cm³/mol. The van der Waals surface area contributed by atoms with Crippen LogP contribution in [0.1, 0.15) is 31.1 Å². The number of amides is 1. The van der Waals surface area contributed by atoms with Crippen LogP contribution in [0.15, 0.2) is 23.0 Å². The zero-order valence-corrected chi connectivity index (χ0v) is 12.6. The normalized spacial score (nSPS) is 17.4. The molecule has 8 heteroatoms. The monoisotopic (exact) mass is 322 g/mol. The van der Waals surface area contributed by atoms with E-state index < -0.39 is 23.6 Å². The highest BCUT2D eigenvalue weighted by molar-refractivity contribution is 5.93. The number of halogens is 2. The van der Waals surface area contributed by atoms with Gasteiger partial charge in [-0.25, -0.2) is 18.3 Å². The zero-order valence-electron chi connectivity index (χ0n) is 12.6. The van der Waals surface area contributed by atoms with Gasteiger partial charge in [0.25, 0.3) is 0 Å². The molecule has 0 saturated heterocycles. The molecule has 0 aliphatic carbocycles. The number of fused-ring (bicyclic) bond motifs is 1. The molecule has 1 atom stereocenters. The molecule has 6 nitrogen and oxygen atoms in total. The molecular formula is C15H16F2N4O2. The van der Waals surface area contributed by atoms with Crippen molar-refractivity contribution in [3.8, 4) is 0 Å². The van der Waals surface area contributed by atoms with Crippen molar-refractivity contribution in [2.75, 3.05) is 5.32 Å². The first-order valence-electron chi connectivity index (χ1n) is 7.37. The number of rotatable bonds is 2. The lowest BCUT2D eigenvalue weighted by Gasteiger charge is -2.16. The van der Waals surface area contributed by atoms with Crippen LogP contribution in [0.3, 0.4) is 0 Å². The molecule has 2 aromatic rings. The average Bonchev–Trinajstić information content (AvgIpc) is 2.68. The van der Waals surface area contributed by atoms with E-state index in [1.165, 1.54) is 16.3 Å². The number of carbonyl (C=O) groups is 1. The molecule has 0 bridgehead atoms. The van der Waals surface area contributed by atoms with Crippen molar-refractivity contribution < 1.29 is 13.6 Å². The van der Waals surface area contributed by atoms with Gasteiger partial charge < -0.3 is 5.32 Å². The maximum absolute atomic E-state index is 13.7. The highest BCUT2D eigenvalue weighted by Crippen LogP contribution is 2.24. The Hall–Kier alpha value is -2.51. The van der Waals surface area contributed by atoms with Crippen molar-refractivity contribution in [2.24, 2.45) is 7.05 Å². The number of nitrogens with one attached hydrogen (secondary N) is 1. The van der Waals surface area contributed by atoms with Gasteiger partial charge >= 0.3 is 5.69 Å². The maximum atomic E-state index is 13.7. The Balaban J connectivity index is 1.92. The number of carbonyl (C=O) groups excluding carboxylic acids is 1. The Kier molecular flexibility index (Phi) is 3.97. The highest BCUT2D eigenvalue weighted by atomic mass is 19.1. The fourth-order valence-electron chi connectivity index (χ4n) is 2.82. The SMILES string of the molecule is Cn1nc2n(c1=O)C(C(=O)Nc1ccc(F)cc1F)CCCC2. The summed E-state index contributed by atoms with van der Waals surface area (Å²) in [7, 11) is 1.53. The van der Waals surface area contributed by atoms with Crippen LogP contribution in [-0.2, 0) is 18.3 Å². The Morgan fingerprint density at radius 2 is 2.13 bits per heavy atom. The molecule has 1 N–H and O–H groups in total. The summed E-state index contributed by atoms with van der Waals surface area (Å²) in [4.78, 5) is 24.7. The van der Waals surface area contributed by atoms with Gasteiger partial charge in [-0.2, -0.15) is 5.10 Å². The lowest BCUT2D eigenvalue weighted by molar-refractivity contribution is -0.119. The smallest absolute Gasteiger partial charge is 0.322 e. The molecule has 2 heterocycles. The fourth-order valence-corrected chi connectivity index (χ4v) is 2.82. The maximum Gasteiger partial charge on any atom is 0.346 e. The number of nitrogens with zero attached hydrogens (tertiary/aromatic N) is 3. The summed E-state index contributed by atoms with van der Waals surface area (Å²) in [6.07, 6.45) is 2.67. The molecule has 1 aliphatic rings. The van der Waals surface area contributed by atoms with Crippen LogP contribution in [-0.4, -0.2) is 20.3 Å². The van der Waals surface area contributed by atoms with Crippen LogP contribution >= 0.6 is 0 Å². The van der Waals surface area contributed by atoms with Gasteiger partial charge in [0.1, 0.15) is 23.5 Å². The topological polar surface area (TPSA) is 68.9 Å². The standard InChI is InChI=1S/C15H16F2N4O2/c1-20-15(23)21-12(4-2-3-5-13(21)19-20)14(22)18-11-7-6-9(16)8-10(11)17/h6-8,12H,2-5H2,1H3,(H,18,22). The third-order valence-corrected chi connectivity index (χ3v) is 3.96. The molecule has 0 fully saturated rings. The lowest BCUT2D eigenvalue weighted by atomic mass is 10.1. The molecule has 0 saturated carbocycles. The molecule has 3 rings (SSSR count). The number of hydrogen-bond acceptors (Lipinski definition) is 3. The van der Waals surface area contributed by atoms with Crippen LogP contribution in [0, 0.1) is 11.6 Å². The highest BCUT2D eigenvalue weighted by Gasteiger charge is 2.29. The molecule has 23 heavy (non-hydrogen) atoms. The molecule has 1 aromatic heterocycles. The van der Waals surface area contributed by atoms with E-state index in [1.54, 1.807) is 0 Å². The van der Waals surface area contributed by atoms with E-state index in [0.717, 1.165) is 25.0 Å². The van der Waals surface area contributed by atoms with Crippen molar-refractivity contribution >= 4 is 11.6 Å². The van der Waals surface area contributed by atoms with Crippen molar-refractivity contribution in [3.05, 3.63) is 46.1 Å². The summed E-state index contributed by atoms with van der Waals surface area (Å²) in [5, 5.41) is 6.58. The zero-order chi connectivity index (χ0) is 16.6. The number of anilines is 1. The van der Waals surface area contributed by atoms with Crippen LogP contribution < -0.4 is 11.0 Å². The minimum Gasteiger partial charge on any atom is -0.322 e. The van der Waals surface area contributed by atoms with E-state index >= 15 is 0 Å². The van der Waals surface area contributed by atoms with Gasteiger partial charge in [0.15, 0.2) is 0 Å². The summed E-state index contributed by atoms with van der Waals surface area (Å²) >= 11 is 0. The van der Waals surface area contributed by atoms with E-state index in [2.05, 4.69) is 10.4 Å². The third-order valence-electron chi connectivity index (χ3n) is 3.96. The minimum absolute atomic E-state index is 0.112. The molecule has 1 amide bonds. The minimum atomic E-state index is -0.856. The van der Waals surface area contributed by atoms with Crippen LogP contribution in [0.5, 0.6) is 0 Å². The predicted octanol–water partition coefficient (Wildman–Crippen LogP) is 1.77. The molecule has 1 unspecified atom stereocenters. The summed E-state index contributed by atoms with van der Waals surface area (Å²) < 4.78 is 29.2. The first-order valence-corrected chi connectivity index (χ1v) is 7.37. The molecular weight excluding hydrogens is 306 g/mol. The molecule has 1 aliphatic heterocycles. The fraction of sp³-hybridized carbons (Fsp3) is 0.400. The van der Waals surface area contributed by atoms with Crippen molar-refractivity contribution in [3.63, 3.8) is 0 Å². The summed E-state index contributed by atoms with van der Waals surface area (Å²) in [6, 6.07) is 2.17. The van der Waals surface area contributed by atoms with Gasteiger partial charge in [0.05, 0.1) is 5.69 Å². The molecule has 122 valence electrons. The van der Waals surface area contributed by atoms with E-state index in [9.17, 15) is 18.4 Å². The Morgan fingerprint density at radius 1 is 1.35 bits per heavy atom. The van der Waals surface area contributed by atoms with Gasteiger partial charge in [-0.15, -0.1) is 0 Å². The Labute approximate surface area is 130 Å². The van der Waals surface area contributed by atoms with Gasteiger partial charge in [-0.05, 0) is 25.0 Å². The summed E-state index contributed by atoms with van der Waals surface area (Å²) in [5.74, 6) is -1.53. The number of aryl methyl sites for hydroxylation is 2. The van der Waals surface area contributed by atoms with E-state index in [4.69, 9.17) is 0 Å². The van der Waals surface area contributed by atoms with Crippen molar-refractivity contribution in [1.29, 1.82) is 0 Å². The number of aromatic nitrogens is 3. The quantitative estimate of drug-likeness (QED) is 0.916. The van der Waals surface area contributed by atoms with E-state index in [0.29, 0.717) is 24.7 Å². The second-order valence-corrected chi connectivity index (χ2v) is 5.57. The van der Waals surface area contributed by atoms with Crippen molar-refractivity contribution in [2.45, 2.75) is 31.7 Å². The number of hydrogen-bond donors (Lipinski definition) is 1. The first-order chi connectivity index (χ1) is 11.0. The van der Waals surface area contributed by atoms with E-state index in [-0.39, 0.29) is 11.4 Å². The van der Waals surface area contributed by atoms with Crippen LogP contribution in [0.25, 0.3) is 0 Å². The largest absolute Gasteiger partial charge is 0.346 e. The lowest BCUT2D eigenvalue weighted by Crippen LogP contribution is -2.34. The van der Waals surface area contributed by atoms with Gasteiger partial charge in [0, 0.05) is 19.5 Å². The number of benzene rings is 1. The van der Waals surface area contributed by atoms with Gasteiger partial charge in [-0.1, -0.05) is 6.42 Å². The molecule has 0 radical (unpaired) electrons. The van der Waals surface area contributed by atoms with E-state index in [1.807, 2.05) is 0 Å². The van der Waals surface area contributed by atoms with Gasteiger partial charge in [0.2, 0.25) is 5.91 Å². The Bertz CT molecular complexity index is 812. The summed E-state index contributed by atoms with van der Waals surface area (Å²) in [5.41, 5.74) is -0.485. The average molecular weight is 322 g/mol. The summed E-state index contributed by atoms with van der Waals surface area (Å²) in [6.45, 7) is 0. The Morgan fingerprint density at radius 3 is 2.87 bits per heavy atom.